The van der Waals surface area contributed by atoms with Crippen LogP contribution in [0.25, 0.3) is 0 Å². The van der Waals surface area contributed by atoms with Crippen LogP contribution in [0.4, 0.5) is 4.79 Å². The van der Waals surface area contributed by atoms with E-state index in [1.807, 2.05) is 20.8 Å². The first kappa shape index (κ1) is 26.3. The van der Waals surface area contributed by atoms with Gasteiger partial charge in [-0.15, -0.1) is 0 Å². The van der Waals surface area contributed by atoms with Crippen LogP contribution >= 0.6 is 23.2 Å². The Morgan fingerprint density at radius 2 is 1.64 bits per heavy atom. The van der Waals surface area contributed by atoms with Crippen molar-refractivity contribution in [2.24, 2.45) is 0 Å². The van der Waals surface area contributed by atoms with Gasteiger partial charge in [-0.2, -0.15) is 0 Å². The number of piperidine rings is 1. The second-order valence-corrected chi connectivity index (χ2v) is 8.19. The molecule has 6 nitrogen and oxygen atoms in total. The number of nitrogens with zero attached hydrogens (tertiary/aromatic N) is 2. The minimum absolute atomic E-state index is 0.160. The second-order valence-electron chi connectivity index (χ2n) is 7.38. The van der Waals surface area contributed by atoms with E-state index in [4.69, 9.17) is 32.7 Å². The number of rotatable bonds is 2. The molecule has 0 spiro atoms. The molecule has 0 aliphatic carbocycles. The zero-order valence-corrected chi connectivity index (χ0v) is 19.1. The number of methoxy groups -OCH3 is 1. The fraction of sp³-hybridized carbons (Fsp3) is 0.600. The van der Waals surface area contributed by atoms with Gasteiger partial charge in [0.25, 0.3) is 0 Å². The molecule has 0 aromatic heterocycles. The minimum Gasteiger partial charge on any atom is -0.497 e. The molecule has 1 aliphatic rings. The van der Waals surface area contributed by atoms with E-state index in [-0.39, 0.29) is 11.7 Å². The molecule has 0 N–H and O–H groups in total. The molecule has 0 unspecified atom stereocenters. The summed E-state index contributed by atoms with van der Waals surface area (Å²) in [5.41, 5.74) is -0.367. The molecule has 2 rings (SSSR count). The third-order valence-electron chi connectivity index (χ3n) is 3.35. The standard InChI is InChI=1S/C10H19NO2.C7H6Cl2O.C3H7NO/c1-10(2,3)13-9(12)11-7-5-4-6-8-11;1-10-5-2-3-6(8)7(9)4-5;1-4(2)3-5/h4-8H2,1-3H3;2-4H,1H3;3H,1-2H3. The summed E-state index contributed by atoms with van der Waals surface area (Å²) in [6, 6.07) is 5.13. The zero-order chi connectivity index (χ0) is 21.7. The Balaban J connectivity index is 0.000000431. The van der Waals surface area contributed by atoms with Crippen LogP contribution in [0.2, 0.25) is 10.0 Å². The number of hydrogen-bond acceptors (Lipinski definition) is 4. The highest BCUT2D eigenvalue weighted by Crippen LogP contribution is 2.25. The van der Waals surface area contributed by atoms with Gasteiger partial charge in [-0.05, 0) is 52.2 Å². The number of benzene rings is 1. The second kappa shape index (κ2) is 13.5. The Morgan fingerprint density at radius 3 is 2.04 bits per heavy atom. The highest BCUT2D eigenvalue weighted by atomic mass is 35.5. The lowest BCUT2D eigenvalue weighted by Gasteiger charge is -2.29. The Labute approximate surface area is 178 Å². The molecule has 0 bridgehead atoms. The van der Waals surface area contributed by atoms with Crippen LogP contribution in [0.3, 0.4) is 0 Å². The lowest BCUT2D eigenvalue weighted by Crippen LogP contribution is -2.39. The van der Waals surface area contributed by atoms with Crippen LogP contribution in [0, 0.1) is 0 Å². The fourth-order valence-electron chi connectivity index (χ4n) is 2.01. The quantitative estimate of drug-likeness (QED) is 0.606. The Hall–Kier alpha value is -1.66. The third-order valence-corrected chi connectivity index (χ3v) is 4.08. The summed E-state index contributed by atoms with van der Waals surface area (Å²) in [6.45, 7) is 7.41. The summed E-state index contributed by atoms with van der Waals surface area (Å²) in [5.74, 6) is 0.717. The van der Waals surface area contributed by atoms with Gasteiger partial charge in [-0.25, -0.2) is 4.79 Å². The maximum absolute atomic E-state index is 11.5. The number of halogens is 2. The fourth-order valence-corrected chi connectivity index (χ4v) is 2.29. The molecule has 0 atom stereocenters. The van der Waals surface area contributed by atoms with Crippen molar-refractivity contribution in [2.75, 3.05) is 34.3 Å². The molecular formula is C20H32Cl2N2O4. The molecule has 1 heterocycles. The first-order valence-electron chi connectivity index (χ1n) is 9.09. The first-order valence-corrected chi connectivity index (χ1v) is 9.84. The van der Waals surface area contributed by atoms with Gasteiger partial charge in [0, 0.05) is 33.3 Å². The molecule has 8 heteroatoms. The van der Waals surface area contributed by atoms with Gasteiger partial charge < -0.3 is 19.3 Å². The van der Waals surface area contributed by atoms with Crippen LogP contribution in [0.5, 0.6) is 5.75 Å². The van der Waals surface area contributed by atoms with E-state index < -0.39 is 0 Å². The maximum Gasteiger partial charge on any atom is 0.410 e. The highest BCUT2D eigenvalue weighted by Gasteiger charge is 2.22. The highest BCUT2D eigenvalue weighted by molar-refractivity contribution is 6.42. The van der Waals surface area contributed by atoms with Gasteiger partial charge in [-0.3, -0.25) is 4.79 Å². The molecule has 0 saturated carbocycles. The van der Waals surface area contributed by atoms with Gasteiger partial charge >= 0.3 is 6.09 Å². The summed E-state index contributed by atoms with van der Waals surface area (Å²) < 4.78 is 10.2. The van der Waals surface area contributed by atoms with Crippen LogP contribution in [-0.4, -0.2) is 62.2 Å². The molecule has 1 saturated heterocycles. The third kappa shape index (κ3) is 12.7. The number of carbonyl (C=O) groups excluding carboxylic acids is 2. The van der Waals surface area contributed by atoms with Crippen molar-refractivity contribution in [3.63, 3.8) is 0 Å². The van der Waals surface area contributed by atoms with Gasteiger partial charge in [-0.1, -0.05) is 23.2 Å². The number of ether oxygens (including phenoxy) is 2. The number of carbonyl (C=O) groups is 2. The summed E-state index contributed by atoms with van der Waals surface area (Å²) in [7, 11) is 4.96. The van der Waals surface area contributed by atoms with Crippen LogP contribution < -0.4 is 4.74 Å². The summed E-state index contributed by atoms with van der Waals surface area (Å²) in [5, 5.41) is 1.06. The van der Waals surface area contributed by atoms with Crippen molar-refractivity contribution < 1.29 is 19.1 Å². The van der Waals surface area contributed by atoms with Gasteiger partial charge in [0.2, 0.25) is 6.41 Å². The predicted octanol–water partition coefficient (Wildman–Crippen LogP) is 5.11. The van der Waals surface area contributed by atoms with E-state index in [9.17, 15) is 9.59 Å². The Morgan fingerprint density at radius 1 is 1.11 bits per heavy atom. The van der Waals surface area contributed by atoms with Gasteiger partial charge in [0.05, 0.1) is 17.2 Å². The van der Waals surface area contributed by atoms with E-state index in [0.29, 0.717) is 10.0 Å². The molecule has 28 heavy (non-hydrogen) atoms. The van der Waals surface area contributed by atoms with Crippen molar-refractivity contribution in [2.45, 2.75) is 45.6 Å². The zero-order valence-electron chi connectivity index (χ0n) is 17.6. The smallest absolute Gasteiger partial charge is 0.410 e. The van der Waals surface area contributed by atoms with Crippen molar-refractivity contribution in [1.29, 1.82) is 0 Å². The molecule has 2 amide bonds. The molecular weight excluding hydrogens is 403 g/mol. The van der Waals surface area contributed by atoms with Gasteiger partial charge in [0.1, 0.15) is 11.4 Å². The van der Waals surface area contributed by atoms with Crippen molar-refractivity contribution in [1.82, 2.24) is 9.80 Å². The molecule has 0 radical (unpaired) electrons. The Bertz CT molecular complexity index is 598. The van der Waals surface area contributed by atoms with E-state index in [0.717, 1.165) is 38.1 Å². The lowest BCUT2D eigenvalue weighted by atomic mass is 10.1. The monoisotopic (exact) mass is 434 g/mol. The molecule has 1 aromatic carbocycles. The average Bonchev–Trinajstić information content (AvgIpc) is 2.64. The topological polar surface area (TPSA) is 59.1 Å². The maximum atomic E-state index is 11.5. The first-order chi connectivity index (χ1) is 13.0. The largest absolute Gasteiger partial charge is 0.497 e. The van der Waals surface area contributed by atoms with Crippen molar-refractivity contribution >= 4 is 35.7 Å². The molecule has 1 fully saturated rings. The van der Waals surface area contributed by atoms with E-state index in [1.54, 1.807) is 44.3 Å². The Kier molecular flexibility index (Phi) is 12.7. The number of amides is 2. The van der Waals surface area contributed by atoms with Crippen LogP contribution in [0.1, 0.15) is 40.0 Å². The molecule has 1 aliphatic heterocycles. The minimum atomic E-state index is -0.367. The number of hydrogen-bond donors (Lipinski definition) is 0. The molecule has 160 valence electrons. The lowest BCUT2D eigenvalue weighted by molar-refractivity contribution is -0.115. The van der Waals surface area contributed by atoms with Crippen LogP contribution in [0.15, 0.2) is 18.2 Å². The summed E-state index contributed by atoms with van der Waals surface area (Å²) in [6.07, 6.45) is 4.05. The van der Waals surface area contributed by atoms with E-state index in [1.165, 1.54) is 11.3 Å². The van der Waals surface area contributed by atoms with Crippen molar-refractivity contribution in [3.05, 3.63) is 28.2 Å². The van der Waals surface area contributed by atoms with Gasteiger partial charge in [0.15, 0.2) is 0 Å². The van der Waals surface area contributed by atoms with E-state index in [2.05, 4.69) is 0 Å². The average molecular weight is 435 g/mol. The molecule has 1 aromatic rings. The normalized spacial score (nSPS) is 13.2. The number of likely N-dealkylation sites (tertiary alicyclic amines) is 1. The summed E-state index contributed by atoms with van der Waals surface area (Å²) >= 11 is 11.3. The summed E-state index contributed by atoms with van der Waals surface area (Å²) in [4.78, 5) is 24.2. The van der Waals surface area contributed by atoms with E-state index >= 15 is 0 Å². The predicted molar refractivity (Wildman–Crippen MR) is 114 cm³/mol. The SMILES string of the molecule is CC(C)(C)OC(=O)N1CCCCC1.CN(C)C=O.COc1ccc(Cl)c(Cl)c1. The van der Waals surface area contributed by atoms with Crippen molar-refractivity contribution in [3.8, 4) is 5.75 Å². The van der Waals surface area contributed by atoms with Crippen LogP contribution in [-0.2, 0) is 9.53 Å².